The van der Waals surface area contributed by atoms with E-state index in [4.69, 9.17) is 5.26 Å². The molecule has 0 radical (unpaired) electrons. The van der Waals surface area contributed by atoms with Crippen LogP contribution in [0.4, 0.5) is 10.1 Å². The Labute approximate surface area is 119 Å². The Kier molecular flexibility index (Phi) is 3.62. The fourth-order valence-electron chi connectivity index (χ4n) is 3.67. The molecular weight excluding hydrogens is 253 g/mol. The van der Waals surface area contributed by atoms with Gasteiger partial charge in [0.05, 0.1) is 22.9 Å². The molecule has 1 aliphatic heterocycles. The van der Waals surface area contributed by atoms with Gasteiger partial charge in [-0.3, -0.25) is 0 Å². The molecule has 3 nitrogen and oxygen atoms in total. The highest BCUT2D eigenvalue weighted by molar-refractivity contribution is 5.54. The Morgan fingerprint density at radius 2 is 2.05 bits per heavy atom. The summed E-state index contributed by atoms with van der Waals surface area (Å²) in [5.41, 5.74) is 1.11. The maximum atomic E-state index is 14.3. The number of benzene rings is 1. The number of nitrogens with one attached hydrogen (secondary N) is 1. The van der Waals surface area contributed by atoms with Crippen LogP contribution in [0.3, 0.4) is 0 Å². The lowest BCUT2D eigenvalue weighted by molar-refractivity contribution is 0.239. The predicted octanol–water partition coefficient (Wildman–Crippen LogP) is 2.81. The van der Waals surface area contributed by atoms with Crippen LogP contribution in [-0.2, 0) is 0 Å². The van der Waals surface area contributed by atoms with E-state index < -0.39 is 0 Å². The molecule has 1 spiro atoms. The van der Waals surface area contributed by atoms with Crippen LogP contribution in [0.2, 0.25) is 0 Å². The molecule has 1 aliphatic carbocycles. The summed E-state index contributed by atoms with van der Waals surface area (Å²) in [6, 6.07) is 6.85. The van der Waals surface area contributed by atoms with Crippen molar-refractivity contribution in [2.75, 3.05) is 24.5 Å². The minimum absolute atomic E-state index is 0.0610. The van der Waals surface area contributed by atoms with Crippen molar-refractivity contribution in [1.29, 1.82) is 5.26 Å². The summed E-state index contributed by atoms with van der Waals surface area (Å²) >= 11 is 0. The summed E-state index contributed by atoms with van der Waals surface area (Å²) < 4.78 is 14.3. The fourth-order valence-corrected chi connectivity index (χ4v) is 3.67. The van der Waals surface area contributed by atoms with Crippen molar-refractivity contribution in [3.63, 3.8) is 0 Å². The number of rotatable bonds is 1. The van der Waals surface area contributed by atoms with Gasteiger partial charge in [-0.2, -0.15) is 5.26 Å². The smallest absolute Gasteiger partial charge is 0.147 e. The number of halogens is 1. The normalized spacial score (nSPS) is 21.7. The second-order valence-corrected chi connectivity index (χ2v) is 5.89. The van der Waals surface area contributed by atoms with E-state index in [0.29, 0.717) is 11.3 Å². The lowest BCUT2D eigenvalue weighted by Crippen LogP contribution is -2.62. The minimum atomic E-state index is -0.268. The topological polar surface area (TPSA) is 39.1 Å². The third-order valence-corrected chi connectivity index (χ3v) is 4.69. The van der Waals surface area contributed by atoms with Crippen molar-refractivity contribution < 1.29 is 4.39 Å². The van der Waals surface area contributed by atoms with Gasteiger partial charge >= 0.3 is 0 Å². The molecule has 106 valence electrons. The summed E-state index contributed by atoms with van der Waals surface area (Å²) in [6.07, 6.45) is 5.97. The molecular formula is C16H20FN3. The van der Waals surface area contributed by atoms with Gasteiger partial charge < -0.3 is 10.2 Å². The molecule has 0 amide bonds. The van der Waals surface area contributed by atoms with E-state index in [0.717, 1.165) is 32.5 Å². The number of anilines is 1. The fraction of sp³-hybridized carbons (Fsp3) is 0.562. The van der Waals surface area contributed by atoms with Crippen LogP contribution in [0, 0.1) is 17.1 Å². The maximum Gasteiger partial charge on any atom is 0.147 e. The third kappa shape index (κ3) is 2.27. The monoisotopic (exact) mass is 273 g/mol. The first-order valence-corrected chi connectivity index (χ1v) is 7.43. The second kappa shape index (κ2) is 5.41. The van der Waals surface area contributed by atoms with E-state index in [-0.39, 0.29) is 11.4 Å². The first kappa shape index (κ1) is 13.4. The van der Waals surface area contributed by atoms with Crippen LogP contribution in [0.15, 0.2) is 18.2 Å². The highest BCUT2D eigenvalue weighted by atomic mass is 19.1. The van der Waals surface area contributed by atoms with Crippen LogP contribution in [0.1, 0.15) is 37.7 Å². The van der Waals surface area contributed by atoms with Gasteiger partial charge in [0, 0.05) is 19.6 Å². The molecule has 0 unspecified atom stereocenters. The lowest BCUT2D eigenvalue weighted by Gasteiger charge is -2.51. The van der Waals surface area contributed by atoms with Crippen molar-refractivity contribution in [3.8, 4) is 6.07 Å². The average molecular weight is 273 g/mol. The number of piperazine rings is 1. The number of nitrogens with zero attached hydrogens (tertiary/aromatic N) is 2. The van der Waals surface area contributed by atoms with Crippen molar-refractivity contribution >= 4 is 5.69 Å². The molecule has 2 fully saturated rings. The SMILES string of the molecule is N#Cc1ccc(N2CCNCC23CCCCC3)c(F)c1. The maximum absolute atomic E-state index is 14.3. The average Bonchev–Trinajstić information content (AvgIpc) is 2.49. The zero-order valence-corrected chi connectivity index (χ0v) is 11.7. The molecule has 1 saturated carbocycles. The van der Waals surface area contributed by atoms with E-state index in [1.807, 2.05) is 6.07 Å². The quantitative estimate of drug-likeness (QED) is 0.855. The molecule has 0 bridgehead atoms. The molecule has 1 heterocycles. The van der Waals surface area contributed by atoms with Crippen LogP contribution < -0.4 is 10.2 Å². The Bertz CT molecular complexity index is 521. The molecule has 0 atom stereocenters. The Balaban J connectivity index is 1.96. The number of nitriles is 1. The van der Waals surface area contributed by atoms with Crippen LogP contribution >= 0.6 is 0 Å². The summed E-state index contributed by atoms with van der Waals surface area (Å²) in [4.78, 5) is 2.25. The van der Waals surface area contributed by atoms with Gasteiger partial charge in [0.1, 0.15) is 5.82 Å². The largest absolute Gasteiger partial charge is 0.361 e. The summed E-state index contributed by atoms with van der Waals surface area (Å²) in [5.74, 6) is -0.268. The van der Waals surface area contributed by atoms with Crippen molar-refractivity contribution in [1.82, 2.24) is 5.32 Å². The van der Waals surface area contributed by atoms with Gasteiger partial charge in [-0.1, -0.05) is 19.3 Å². The van der Waals surface area contributed by atoms with E-state index in [2.05, 4.69) is 10.2 Å². The summed E-state index contributed by atoms with van der Waals surface area (Å²) in [7, 11) is 0. The predicted molar refractivity (Wildman–Crippen MR) is 77.1 cm³/mol. The lowest BCUT2D eigenvalue weighted by atomic mass is 9.78. The van der Waals surface area contributed by atoms with Gasteiger partial charge in [0.15, 0.2) is 0 Å². The first-order valence-electron chi connectivity index (χ1n) is 7.43. The Morgan fingerprint density at radius 3 is 2.75 bits per heavy atom. The number of hydrogen-bond acceptors (Lipinski definition) is 3. The van der Waals surface area contributed by atoms with Gasteiger partial charge in [-0.25, -0.2) is 4.39 Å². The second-order valence-electron chi connectivity index (χ2n) is 5.89. The van der Waals surface area contributed by atoms with Gasteiger partial charge in [-0.15, -0.1) is 0 Å². The summed E-state index contributed by atoms with van der Waals surface area (Å²) in [5, 5.41) is 12.3. The van der Waals surface area contributed by atoms with E-state index in [9.17, 15) is 4.39 Å². The third-order valence-electron chi connectivity index (χ3n) is 4.69. The highest BCUT2D eigenvalue weighted by Gasteiger charge is 2.40. The highest BCUT2D eigenvalue weighted by Crippen LogP contribution is 2.38. The van der Waals surface area contributed by atoms with Gasteiger partial charge in [0.2, 0.25) is 0 Å². The number of hydrogen-bond donors (Lipinski definition) is 1. The molecule has 2 aliphatic rings. The van der Waals surface area contributed by atoms with E-state index >= 15 is 0 Å². The van der Waals surface area contributed by atoms with Crippen LogP contribution in [0.25, 0.3) is 0 Å². The standard InChI is InChI=1S/C16H20FN3/c17-14-10-13(11-18)4-5-15(14)20-9-8-19-12-16(20)6-2-1-3-7-16/h4-5,10,19H,1-3,6-9,12H2. The summed E-state index contributed by atoms with van der Waals surface area (Å²) in [6.45, 7) is 2.66. The van der Waals surface area contributed by atoms with E-state index in [1.54, 1.807) is 12.1 Å². The zero-order chi connectivity index (χ0) is 14.0. The minimum Gasteiger partial charge on any atom is -0.361 e. The Morgan fingerprint density at radius 1 is 1.25 bits per heavy atom. The molecule has 3 rings (SSSR count). The molecule has 1 N–H and O–H groups in total. The first-order chi connectivity index (χ1) is 9.75. The molecule has 20 heavy (non-hydrogen) atoms. The van der Waals surface area contributed by atoms with Crippen molar-refractivity contribution in [2.24, 2.45) is 0 Å². The van der Waals surface area contributed by atoms with Crippen molar-refractivity contribution in [3.05, 3.63) is 29.6 Å². The van der Waals surface area contributed by atoms with Gasteiger partial charge in [-0.05, 0) is 31.0 Å². The van der Waals surface area contributed by atoms with Crippen molar-refractivity contribution in [2.45, 2.75) is 37.6 Å². The molecule has 1 saturated heterocycles. The van der Waals surface area contributed by atoms with Crippen LogP contribution in [0.5, 0.6) is 0 Å². The molecule has 4 heteroatoms. The van der Waals surface area contributed by atoms with Crippen LogP contribution in [-0.4, -0.2) is 25.2 Å². The molecule has 0 aromatic heterocycles. The molecule has 1 aromatic rings. The zero-order valence-electron chi connectivity index (χ0n) is 11.7. The molecule has 1 aromatic carbocycles. The van der Waals surface area contributed by atoms with Gasteiger partial charge in [0.25, 0.3) is 0 Å². The Hall–Kier alpha value is -1.60. The van der Waals surface area contributed by atoms with E-state index in [1.165, 1.54) is 25.3 Å².